The van der Waals surface area contributed by atoms with E-state index >= 15 is 0 Å². The fraction of sp³-hybridized carbons (Fsp3) is 0.375. The molecule has 136 valence electrons. The molecule has 1 aromatic carbocycles. The smallest absolute Gasteiger partial charge is 0.325 e. The van der Waals surface area contributed by atoms with Crippen molar-refractivity contribution < 1.29 is 18.0 Å². The Morgan fingerprint density at radius 2 is 2.04 bits per heavy atom. The first-order valence-corrected chi connectivity index (χ1v) is 8.90. The summed E-state index contributed by atoms with van der Waals surface area (Å²) < 4.78 is 40.6. The van der Waals surface area contributed by atoms with Crippen molar-refractivity contribution in [3.63, 3.8) is 0 Å². The van der Waals surface area contributed by atoms with Crippen LogP contribution in [0.4, 0.5) is 18.9 Å². The van der Waals surface area contributed by atoms with E-state index in [-0.39, 0.29) is 12.1 Å². The fourth-order valence-corrected chi connectivity index (χ4v) is 3.48. The van der Waals surface area contributed by atoms with Gasteiger partial charge >= 0.3 is 6.18 Å². The van der Waals surface area contributed by atoms with E-state index in [0.29, 0.717) is 22.3 Å². The number of carbonyl (C=O) groups is 1. The minimum atomic E-state index is -4.52. The molecule has 1 saturated carbocycles. The molecule has 3 aromatic rings. The van der Waals surface area contributed by atoms with Crippen molar-refractivity contribution in [1.29, 1.82) is 0 Å². The van der Waals surface area contributed by atoms with Crippen LogP contribution in [0.15, 0.2) is 24.3 Å². The highest BCUT2D eigenvalue weighted by Crippen LogP contribution is 2.39. The van der Waals surface area contributed by atoms with Crippen molar-refractivity contribution in [1.82, 2.24) is 19.8 Å². The maximum Gasteiger partial charge on any atom is 0.418 e. The number of nitrogens with zero attached hydrogens (tertiary/aromatic N) is 4. The molecule has 2 aromatic heterocycles. The number of hydrogen-bond acceptors (Lipinski definition) is 5. The summed E-state index contributed by atoms with van der Waals surface area (Å²) >= 11 is 1.34. The molecule has 26 heavy (non-hydrogen) atoms. The Bertz CT molecular complexity index is 960. The van der Waals surface area contributed by atoms with Crippen molar-refractivity contribution in [2.24, 2.45) is 0 Å². The lowest BCUT2D eigenvalue weighted by atomic mass is 10.1. The summed E-state index contributed by atoms with van der Waals surface area (Å²) in [5.74, 6) is 0.753. The Kier molecular flexibility index (Phi) is 4.14. The van der Waals surface area contributed by atoms with Crippen LogP contribution >= 0.6 is 11.3 Å². The number of benzene rings is 1. The molecule has 2 heterocycles. The van der Waals surface area contributed by atoms with Crippen molar-refractivity contribution in [3.8, 4) is 0 Å². The summed E-state index contributed by atoms with van der Waals surface area (Å²) in [6.07, 6.45) is -1.99. The molecule has 1 aliphatic carbocycles. The molecule has 0 atom stereocenters. The molecular formula is C16H14F3N5OS. The van der Waals surface area contributed by atoms with Crippen LogP contribution in [0.1, 0.15) is 41.6 Å². The summed E-state index contributed by atoms with van der Waals surface area (Å²) in [7, 11) is 0. The number of aryl methyl sites for hydroxylation is 1. The number of para-hydroxylation sites is 1. The Hall–Kier alpha value is -2.49. The van der Waals surface area contributed by atoms with E-state index in [4.69, 9.17) is 0 Å². The van der Waals surface area contributed by atoms with Gasteiger partial charge in [-0.25, -0.2) is 0 Å². The lowest BCUT2D eigenvalue weighted by molar-refractivity contribution is -0.137. The topological polar surface area (TPSA) is 72.2 Å². The van der Waals surface area contributed by atoms with Crippen LogP contribution < -0.4 is 5.32 Å². The van der Waals surface area contributed by atoms with Crippen molar-refractivity contribution in [2.45, 2.75) is 37.8 Å². The Balaban J connectivity index is 1.42. The van der Waals surface area contributed by atoms with Gasteiger partial charge in [0.25, 0.3) is 0 Å². The van der Waals surface area contributed by atoms with Gasteiger partial charge in [-0.3, -0.25) is 4.79 Å². The van der Waals surface area contributed by atoms with Crippen molar-refractivity contribution in [2.75, 3.05) is 5.32 Å². The van der Waals surface area contributed by atoms with Gasteiger partial charge in [-0.15, -0.1) is 10.2 Å². The normalized spacial score (nSPS) is 14.7. The maximum atomic E-state index is 13.0. The molecule has 0 aliphatic heterocycles. The first-order chi connectivity index (χ1) is 12.4. The Labute approximate surface area is 150 Å². The summed E-state index contributed by atoms with van der Waals surface area (Å²) in [5.41, 5.74) is -1.10. The van der Waals surface area contributed by atoms with Crippen LogP contribution in [0, 0.1) is 0 Å². The van der Waals surface area contributed by atoms with E-state index in [1.54, 1.807) is 4.52 Å². The number of amides is 1. The number of fused-ring (bicyclic) bond motifs is 1. The number of halogens is 3. The van der Waals surface area contributed by atoms with E-state index < -0.39 is 17.6 Å². The van der Waals surface area contributed by atoms with Crippen LogP contribution in [0.25, 0.3) is 4.96 Å². The number of anilines is 1. The molecule has 1 aliphatic rings. The fourth-order valence-electron chi connectivity index (χ4n) is 2.64. The quantitative estimate of drug-likeness (QED) is 0.732. The summed E-state index contributed by atoms with van der Waals surface area (Å²) in [6, 6.07) is 4.92. The maximum absolute atomic E-state index is 13.0. The lowest BCUT2D eigenvalue weighted by Gasteiger charge is -2.13. The van der Waals surface area contributed by atoms with Gasteiger partial charge in [0.15, 0.2) is 5.82 Å². The zero-order valence-electron chi connectivity index (χ0n) is 13.5. The first kappa shape index (κ1) is 17.0. The van der Waals surface area contributed by atoms with Gasteiger partial charge in [0.1, 0.15) is 5.01 Å². The second-order valence-corrected chi connectivity index (χ2v) is 7.15. The first-order valence-electron chi connectivity index (χ1n) is 8.09. The second kappa shape index (κ2) is 6.35. The van der Waals surface area contributed by atoms with Gasteiger partial charge in [-0.05, 0) is 25.0 Å². The minimum absolute atomic E-state index is 0.0368. The van der Waals surface area contributed by atoms with E-state index in [0.717, 1.165) is 24.7 Å². The molecule has 1 N–H and O–H groups in total. The number of aromatic nitrogens is 4. The van der Waals surface area contributed by atoms with Crippen LogP contribution in [0.5, 0.6) is 0 Å². The van der Waals surface area contributed by atoms with Crippen LogP contribution in [-0.4, -0.2) is 25.7 Å². The third-order valence-electron chi connectivity index (χ3n) is 4.07. The molecule has 0 unspecified atom stereocenters. The Morgan fingerprint density at radius 1 is 1.27 bits per heavy atom. The molecule has 0 spiro atoms. The van der Waals surface area contributed by atoms with Crippen molar-refractivity contribution >= 4 is 27.9 Å². The predicted molar refractivity (Wildman–Crippen MR) is 89.0 cm³/mol. The molecule has 4 rings (SSSR count). The zero-order valence-corrected chi connectivity index (χ0v) is 14.3. The molecule has 6 nitrogen and oxygen atoms in total. The number of rotatable bonds is 5. The van der Waals surface area contributed by atoms with Gasteiger partial charge in [0, 0.05) is 18.8 Å². The van der Waals surface area contributed by atoms with E-state index in [2.05, 4.69) is 20.6 Å². The summed E-state index contributed by atoms with van der Waals surface area (Å²) in [5, 5.41) is 15.7. The average molecular weight is 381 g/mol. The lowest BCUT2D eigenvalue weighted by Crippen LogP contribution is -2.16. The van der Waals surface area contributed by atoms with Gasteiger partial charge < -0.3 is 5.32 Å². The number of carbonyl (C=O) groups excluding carboxylic acids is 1. The summed E-state index contributed by atoms with van der Waals surface area (Å²) in [4.78, 5) is 12.7. The molecule has 1 amide bonds. The summed E-state index contributed by atoms with van der Waals surface area (Å²) in [6.45, 7) is 0. The van der Waals surface area contributed by atoms with Gasteiger partial charge in [-0.2, -0.15) is 22.8 Å². The average Bonchev–Trinajstić information content (AvgIpc) is 3.22. The van der Waals surface area contributed by atoms with Crippen LogP contribution in [0.3, 0.4) is 0 Å². The number of hydrogen-bond donors (Lipinski definition) is 1. The highest BCUT2D eigenvalue weighted by Gasteiger charge is 2.33. The van der Waals surface area contributed by atoms with Crippen molar-refractivity contribution in [3.05, 3.63) is 40.7 Å². The zero-order chi connectivity index (χ0) is 18.3. The van der Waals surface area contributed by atoms with Gasteiger partial charge in [-0.1, -0.05) is 23.5 Å². The van der Waals surface area contributed by atoms with E-state index in [1.165, 1.54) is 29.5 Å². The minimum Gasteiger partial charge on any atom is -0.325 e. The standard InChI is InChI=1S/C16H14F3N5OS/c17-16(18,19)10-3-1-2-4-11(10)20-12(25)7-8-13-23-24-14(9-5-6-9)21-22-15(24)26-13/h1-4,9H,5-8H2,(H,20,25). The predicted octanol–water partition coefficient (Wildman–Crippen LogP) is 3.65. The van der Waals surface area contributed by atoms with Crippen LogP contribution in [0.2, 0.25) is 0 Å². The van der Waals surface area contributed by atoms with Gasteiger partial charge in [0.2, 0.25) is 10.9 Å². The number of nitrogens with one attached hydrogen (secondary N) is 1. The largest absolute Gasteiger partial charge is 0.418 e. The van der Waals surface area contributed by atoms with Gasteiger partial charge in [0.05, 0.1) is 11.3 Å². The SMILES string of the molecule is O=C(CCc1nn2c(C3CC3)nnc2s1)Nc1ccccc1C(F)(F)F. The van der Waals surface area contributed by atoms with Crippen LogP contribution in [-0.2, 0) is 17.4 Å². The Morgan fingerprint density at radius 3 is 2.77 bits per heavy atom. The van der Waals surface area contributed by atoms with E-state index in [9.17, 15) is 18.0 Å². The second-order valence-electron chi connectivity index (χ2n) is 6.11. The molecular weight excluding hydrogens is 367 g/mol. The third-order valence-corrected chi connectivity index (χ3v) is 5.03. The monoisotopic (exact) mass is 381 g/mol. The molecule has 10 heteroatoms. The molecule has 0 saturated heterocycles. The number of alkyl halides is 3. The van der Waals surface area contributed by atoms with E-state index in [1.807, 2.05) is 0 Å². The molecule has 0 radical (unpaired) electrons. The third kappa shape index (κ3) is 3.41. The molecule has 0 bridgehead atoms. The molecule has 1 fully saturated rings. The highest BCUT2D eigenvalue weighted by molar-refractivity contribution is 7.16. The highest BCUT2D eigenvalue weighted by atomic mass is 32.1.